The number of halogens is 1. The van der Waals surface area contributed by atoms with E-state index in [-0.39, 0.29) is 18.2 Å². The summed E-state index contributed by atoms with van der Waals surface area (Å²) in [6, 6.07) is 23.0. The van der Waals surface area contributed by atoms with Crippen LogP contribution in [0.1, 0.15) is 5.56 Å². The first-order chi connectivity index (χ1) is 9.88. The molecular formula is C17H13BrMgO. The molecule has 0 spiro atoms. The lowest BCUT2D eigenvalue weighted by molar-refractivity contribution is 0.310. The van der Waals surface area contributed by atoms with Crippen LogP contribution in [-0.2, 0) is 6.61 Å². The quantitative estimate of drug-likeness (QED) is 0.653. The topological polar surface area (TPSA) is 9.23 Å². The van der Waals surface area contributed by atoms with Crippen molar-refractivity contribution in [3.8, 4) is 5.75 Å². The molecule has 3 heteroatoms. The third kappa shape index (κ3) is 3.00. The molecule has 1 nitrogen and oxygen atoms in total. The molecule has 0 aliphatic rings. The van der Waals surface area contributed by atoms with Crippen molar-refractivity contribution in [1.29, 1.82) is 0 Å². The Bertz CT molecular complexity index is 713. The number of hydrogen-bond acceptors (Lipinski definition) is 1. The molecule has 0 heterocycles. The standard InChI is InChI=1S/C17H13O.BrH.Mg/c1-2-7-14(8-3-1)13-18-17-12-6-10-15-9-4-5-11-16(15)17;;/h1-9,11-12H,13H2;1H;/q;;+1/p-1. The lowest BCUT2D eigenvalue weighted by atomic mass is 10.1. The highest BCUT2D eigenvalue weighted by Crippen LogP contribution is 2.25. The van der Waals surface area contributed by atoms with Gasteiger partial charge in [0.15, 0.2) is 0 Å². The summed E-state index contributed by atoms with van der Waals surface area (Å²) < 4.78 is 7.43. The van der Waals surface area contributed by atoms with Gasteiger partial charge in [0.05, 0.1) is 0 Å². The SMILES string of the molecule is [Br][Mg][c]1ccc(OCc2ccccc2)c2ccccc12. The average molecular weight is 337 g/mol. The van der Waals surface area contributed by atoms with Crippen molar-refractivity contribution >= 4 is 45.5 Å². The summed E-state index contributed by atoms with van der Waals surface area (Å²) in [7, 11) is 0. The number of benzene rings is 3. The predicted molar refractivity (Wildman–Crippen MR) is 89.0 cm³/mol. The summed E-state index contributed by atoms with van der Waals surface area (Å²) >= 11 is 3.32. The first kappa shape index (κ1) is 13.9. The molecule has 0 aliphatic carbocycles. The molecule has 96 valence electrons. The lowest BCUT2D eigenvalue weighted by Crippen LogP contribution is -2.10. The van der Waals surface area contributed by atoms with E-state index in [4.69, 9.17) is 4.74 Å². The molecule has 0 aromatic heterocycles. The third-order valence-electron chi connectivity index (χ3n) is 3.36. The minimum atomic E-state index is -0.354. The Balaban J connectivity index is 1.92. The smallest absolute Gasteiger partial charge is 0.488 e. The van der Waals surface area contributed by atoms with Gasteiger partial charge in [0, 0.05) is 5.39 Å². The molecule has 0 amide bonds. The fourth-order valence-corrected chi connectivity index (χ4v) is 4.44. The first-order valence-electron chi connectivity index (χ1n) is 6.62. The van der Waals surface area contributed by atoms with Crippen molar-refractivity contribution < 1.29 is 4.74 Å². The van der Waals surface area contributed by atoms with E-state index in [1.807, 2.05) is 18.2 Å². The maximum atomic E-state index is 6.00. The zero-order valence-electron chi connectivity index (χ0n) is 11.1. The van der Waals surface area contributed by atoms with E-state index < -0.39 is 0 Å². The molecule has 0 bridgehead atoms. The molecule has 0 fully saturated rings. The van der Waals surface area contributed by atoms with Crippen molar-refractivity contribution in [3.63, 3.8) is 0 Å². The molecule has 3 rings (SSSR count). The third-order valence-corrected chi connectivity index (χ3v) is 6.07. The zero-order valence-corrected chi connectivity index (χ0v) is 14.1. The van der Waals surface area contributed by atoms with Crippen molar-refractivity contribution in [2.24, 2.45) is 0 Å². The van der Waals surface area contributed by atoms with E-state index in [1.54, 1.807) is 0 Å². The fourth-order valence-electron chi connectivity index (χ4n) is 2.31. The van der Waals surface area contributed by atoms with E-state index in [0.29, 0.717) is 6.61 Å². The van der Waals surface area contributed by atoms with Gasteiger partial charge in [-0.2, -0.15) is 0 Å². The Labute approximate surface area is 134 Å². The Kier molecular flexibility index (Phi) is 4.60. The normalized spacial score (nSPS) is 10.2. The van der Waals surface area contributed by atoms with Crippen LogP contribution >= 0.6 is 12.9 Å². The molecule has 0 atom stereocenters. The summed E-state index contributed by atoms with van der Waals surface area (Å²) in [6.45, 7) is 0.607. The van der Waals surface area contributed by atoms with Crippen molar-refractivity contribution in [3.05, 3.63) is 72.3 Å². The van der Waals surface area contributed by atoms with E-state index in [2.05, 4.69) is 61.4 Å². The van der Waals surface area contributed by atoms with Crippen LogP contribution < -0.4 is 8.43 Å². The minimum Gasteiger partial charge on any atom is -0.488 e. The maximum Gasteiger partial charge on any atom is 0.507 e. The fraction of sp³-hybridized carbons (Fsp3) is 0.0588. The summed E-state index contributed by atoms with van der Waals surface area (Å²) in [5.74, 6) is 0.961. The van der Waals surface area contributed by atoms with Gasteiger partial charge in [-0.25, -0.2) is 0 Å². The van der Waals surface area contributed by atoms with Crippen molar-refractivity contribution in [2.75, 3.05) is 0 Å². The molecule has 20 heavy (non-hydrogen) atoms. The number of fused-ring (bicyclic) bond motifs is 1. The molecule has 0 unspecified atom stereocenters. The van der Waals surface area contributed by atoms with Crippen LogP contribution in [0.25, 0.3) is 10.8 Å². The van der Waals surface area contributed by atoms with Gasteiger partial charge in [0.2, 0.25) is 0 Å². The van der Waals surface area contributed by atoms with Gasteiger partial charge in [0.25, 0.3) is 0 Å². The average Bonchev–Trinajstić information content (AvgIpc) is 2.53. The van der Waals surface area contributed by atoms with Crippen LogP contribution in [0.5, 0.6) is 5.75 Å². The first-order valence-corrected chi connectivity index (χ1v) is 11.2. The van der Waals surface area contributed by atoms with E-state index >= 15 is 0 Å². The van der Waals surface area contributed by atoms with E-state index in [9.17, 15) is 0 Å². The second-order valence-electron chi connectivity index (χ2n) is 4.68. The molecule has 0 N–H and O–H groups in total. The number of rotatable bonds is 4. The number of hydrogen-bond donors (Lipinski definition) is 0. The molecule has 3 aromatic carbocycles. The Morgan fingerprint density at radius 2 is 1.50 bits per heavy atom. The molecule has 0 saturated heterocycles. The highest BCUT2D eigenvalue weighted by Gasteiger charge is 2.07. The second-order valence-corrected chi connectivity index (χ2v) is 7.39. The summed E-state index contributed by atoms with van der Waals surface area (Å²) in [5.41, 5.74) is 1.19. The van der Waals surface area contributed by atoms with Crippen LogP contribution in [0.2, 0.25) is 0 Å². The predicted octanol–water partition coefficient (Wildman–Crippen LogP) is 4.06. The largest absolute Gasteiger partial charge is 0.507 e. The Morgan fingerprint density at radius 1 is 0.800 bits per heavy atom. The van der Waals surface area contributed by atoms with Gasteiger partial charge in [-0.3, -0.25) is 12.9 Å². The van der Waals surface area contributed by atoms with Gasteiger partial charge in [-0.1, -0.05) is 60.7 Å². The molecule has 3 aromatic rings. The Morgan fingerprint density at radius 3 is 2.25 bits per heavy atom. The van der Waals surface area contributed by atoms with Gasteiger partial charge in [-0.15, -0.1) is 3.69 Å². The molecular weight excluding hydrogens is 324 g/mol. The number of ether oxygens (including phenoxy) is 1. The van der Waals surface area contributed by atoms with Crippen LogP contribution in [-0.4, -0.2) is 18.2 Å². The van der Waals surface area contributed by atoms with E-state index in [0.717, 1.165) is 5.75 Å². The molecule has 0 saturated carbocycles. The lowest BCUT2D eigenvalue weighted by Gasteiger charge is -2.12. The van der Waals surface area contributed by atoms with Gasteiger partial charge in [-0.05, 0) is 17.0 Å². The van der Waals surface area contributed by atoms with Crippen LogP contribution in [0.15, 0.2) is 66.7 Å². The highest BCUT2D eigenvalue weighted by atomic mass is 79.9. The highest BCUT2D eigenvalue weighted by molar-refractivity contribution is 9.23. The monoisotopic (exact) mass is 336 g/mol. The van der Waals surface area contributed by atoms with Crippen LogP contribution in [0, 0.1) is 0 Å². The molecule has 0 aliphatic heterocycles. The second kappa shape index (κ2) is 6.61. The van der Waals surface area contributed by atoms with Crippen LogP contribution in [0.4, 0.5) is 0 Å². The van der Waals surface area contributed by atoms with Crippen LogP contribution in [0.3, 0.4) is 0 Å². The maximum absolute atomic E-state index is 6.00. The molecule has 0 radical (unpaired) electrons. The summed E-state index contributed by atoms with van der Waals surface area (Å²) in [6.07, 6.45) is 0. The van der Waals surface area contributed by atoms with Crippen molar-refractivity contribution in [1.82, 2.24) is 0 Å². The van der Waals surface area contributed by atoms with E-state index in [1.165, 1.54) is 20.0 Å². The van der Waals surface area contributed by atoms with Gasteiger partial charge < -0.3 is 4.74 Å². The van der Waals surface area contributed by atoms with Gasteiger partial charge >= 0.3 is 18.2 Å². The summed E-state index contributed by atoms with van der Waals surface area (Å²) in [5, 5.41) is 2.51. The summed E-state index contributed by atoms with van der Waals surface area (Å²) in [4.78, 5) is 0. The zero-order chi connectivity index (χ0) is 13.8. The Hall–Kier alpha value is -1.03. The minimum absolute atomic E-state index is 0.354. The van der Waals surface area contributed by atoms with Gasteiger partial charge in [0.1, 0.15) is 12.4 Å². The van der Waals surface area contributed by atoms with Crippen molar-refractivity contribution in [2.45, 2.75) is 6.61 Å².